The largest absolute Gasteiger partial charge is 0.293 e. The Kier molecular flexibility index (Phi) is 4.32. The molecule has 0 saturated heterocycles. The maximum absolute atomic E-state index is 13.4. The number of hydrogen-bond donors (Lipinski definition) is 0. The van der Waals surface area contributed by atoms with Gasteiger partial charge < -0.3 is 0 Å². The van der Waals surface area contributed by atoms with Crippen molar-refractivity contribution < 1.29 is 13.6 Å². The molecule has 0 aliphatic carbocycles. The molecule has 0 saturated carbocycles. The van der Waals surface area contributed by atoms with Crippen LogP contribution in [0.2, 0.25) is 0 Å². The van der Waals surface area contributed by atoms with E-state index in [-0.39, 0.29) is 23.2 Å². The van der Waals surface area contributed by atoms with Crippen LogP contribution >= 0.6 is 11.8 Å². The van der Waals surface area contributed by atoms with E-state index in [0.717, 1.165) is 11.8 Å². The van der Waals surface area contributed by atoms with E-state index in [1.807, 2.05) is 0 Å². The molecular formula is C15H12F2OS. The Morgan fingerprint density at radius 1 is 1.16 bits per heavy atom. The molecule has 0 fully saturated rings. The summed E-state index contributed by atoms with van der Waals surface area (Å²) >= 11 is 1.14. The monoisotopic (exact) mass is 278 g/mol. The summed E-state index contributed by atoms with van der Waals surface area (Å²) in [7, 11) is 0. The highest BCUT2D eigenvalue weighted by atomic mass is 32.2. The number of rotatable bonds is 4. The lowest BCUT2D eigenvalue weighted by Crippen LogP contribution is -2.05. The number of thioether (sulfide) groups is 1. The maximum atomic E-state index is 13.4. The van der Waals surface area contributed by atoms with E-state index in [0.29, 0.717) is 16.0 Å². The second-order valence-corrected chi connectivity index (χ2v) is 5.12. The van der Waals surface area contributed by atoms with Crippen LogP contribution in [-0.4, -0.2) is 11.5 Å². The lowest BCUT2D eigenvalue weighted by molar-refractivity contribution is 0.102. The molecule has 0 amide bonds. The number of carbonyl (C=O) groups is 1. The molecule has 4 heteroatoms. The summed E-state index contributed by atoms with van der Waals surface area (Å²) in [6.45, 7) is 1.68. The van der Waals surface area contributed by atoms with Gasteiger partial charge in [0.1, 0.15) is 11.6 Å². The van der Waals surface area contributed by atoms with Crippen molar-refractivity contribution in [2.45, 2.75) is 11.8 Å². The van der Waals surface area contributed by atoms with Gasteiger partial charge in [0.15, 0.2) is 5.78 Å². The van der Waals surface area contributed by atoms with Crippen LogP contribution in [0, 0.1) is 18.6 Å². The normalized spacial score (nSPS) is 10.5. The number of Topliss-reactive ketones (excluding diaryl/α,β-unsaturated/α-hetero) is 1. The van der Waals surface area contributed by atoms with Gasteiger partial charge in [-0.05, 0) is 42.8 Å². The highest BCUT2D eigenvalue weighted by molar-refractivity contribution is 8.00. The van der Waals surface area contributed by atoms with Crippen LogP contribution in [0.5, 0.6) is 0 Å². The zero-order valence-corrected chi connectivity index (χ0v) is 11.1. The second kappa shape index (κ2) is 5.97. The van der Waals surface area contributed by atoms with E-state index < -0.39 is 0 Å². The molecule has 0 heterocycles. The van der Waals surface area contributed by atoms with Gasteiger partial charge in [-0.3, -0.25) is 4.79 Å². The summed E-state index contributed by atoms with van der Waals surface area (Å²) in [6.07, 6.45) is 0. The Morgan fingerprint density at radius 3 is 2.58 bits per heavy atom. The highest BCUT2D eigenvalue weighted by Crippen LogP contribution is 2.23. The number of aryl methyl sites for hydroxylation is 1. The number of halogens is 2. The lowest BCUT2D eigenvalue weighted by atomic mass is 10.1. The van der Waals surface area contributed by atoms with Gasteiger partial charge in [0, 0.05) is 10.5 Å². The number of benzene rings is 2. The maximum Gasteiger partial charge on any atom is 0.173 e. The topological polar surface area (TPSA) is 17.1 Å². The molecule has 98 valence electrons. The molecule has 2 aromatic carbocycles. The molecule has 0 radical (unpaired) electrons. The van der Waals surface area contributed by atoms with E-state index in [1.54, 1.807) is 25.1 Å². The first-order chi connectivity index (χ1) is 9.08. The van der Waals surface area contributed by atoms with Gasteiger partial charge in [-0.1, -0.05) is 12.1 Å². The van der Waals surface area contributed by atoms with Crippen molar-refractivity contribution in [1.29, 1.82) is 0 Å². The van der Waals surface area contributed by atoms with Gasteiger partial charge in [0.2, 0.25) is 0 Å². The van der Waals surface area contributed by atoms with Gasteiger partial charge in [0.05, 0.1) is 5.75 Å². The SMILES string of the molecule is Cc1cc(F)ccc1C(=O)CSc1ccccc1F. The first-order valence-electron chi connectivity index (χ1n) is 5.74. The second-order valence-electron chi connectivity index (χ2n) is 4.10. The van der Waals surface area contributed by atoms with Crippen LogP contribution in [-0.2, 0) is 0 Å². The first kappa shape index (κ1) is 13.7. The molecule has 0 aromatic heterocycles. The van der Waals surface area contributed by atoms with Crippen molar-refractivity contribution in [3.63, 3.8) is 0 Å². The van der Waals surface area contributed by atoms with E-state index in [1.165, 1.54) is 24.3 Å². The van der Waals surface area contributed by atoms with Gasteiger partial charge >= 0.3 is 0 Å². The summed E-state index contributed by atoms with van der Waals surface area (Å²) in [5.41, 5.74) is 1.07. The average Bonchev–Trinajstić information content (AvgIpc) is 2.37. The fourth-order valence-corrected chi connectivity index (χ4v) is 2.55. The molecule has 0 unspecified atom stereocenters. The minimum atomic E-state index is -0.365. The van der Waals surface area contributed by atoms with Gasteiger partial charge in [-0.2, -0.15) is 0 Å². The predicted molar refractivity (Wildman–Crippen MR) is 72.6 cm³/mol. The van der Waals surface area contributed by atoms with Crippen molar-refractivity contribution in [1.82, 2.24) is 0 Å². The van der Waals surface area contributed by atoms with Gasteiger partial charge in [-0.15, -0.1) is 11.8 Å². The van der Waals surface area contributed by atoms with E-state index in [4.69, 9.17) is 0 Å². The van der Waals surface area contributed by atoms with Crippen molar-refractivity contribution >= 4 is 17.5 Å². The molecule has 1 nitrogen and oxygen atoms in total. The number of carbonyl (C=O) groups excluding carboxylic acids is 1. The Morgan fingerprint density at radius 2 is 1.89 bits per heavy atom. The number of ketones is 1. The van der Waals surface area contributed by atoms with Crippen molar-refractivity contribution in [2.75, 3.05) is 5.75 Å². The molecule has 2 aromatic rings. The van der Waals surface area contributed by atoms with Crippen molar-refractivity contribution in [2.24, 2.45) is 0 Å². The summed E-state index contributed by atoms with van der Waals surface area (Å²) in [4.78, 5) is 12.4. The van der Waals surface area contributed by atoms with Crippen LogP contribution in [0.3, 0.4) is 0 Å². The Hall–Kier alpha value is -1.68. The zero-order valence-electron chi connectivity index (χ0n) is 10.3. The average molecular weight is 278 g/mol. The standard InChI is InChI=1S/C15H12F2OS/c1-10-8-11(16)6-7-12(10)14(18)9-19-15-5-3-2-4-13(15)17/h2-8H,9H2,1H3. The minimum absolute atomic E-state index is 0.132. The van der Waals surface area contributed by atoms with Crippen LogP contribution in [0.4, 0.5) is 8.78 Å². The molecule has 2 rings (SSSR count). The molecular weight excluding hydrogens is 266 g/mol. The fraction of sp³-hybridized carbons (Fsp3) is 0.133. The van der Waals surface area contributed by atoms with Crippen LogP contribution in [0.25, 0.3) is 0 Å². The quantitative estimate of drug-likeness (QED) is 0.614. The summed E-state index contributed by atoms with van der Waals surface area (Å²) in [5.74, 6) is -0.703. The summed E-state index contributed by atoms with van der Waals surface area (Å²) in [6, 6.07) is 10.4. The molecule has 0 aliphatic heterocycles. The number of hydrogen-bond acceptors (Lipinski definition) is 2. The van der Waals surface area contributed by atoms with Crippen LogP contribution < -0.4 is 0 Å². The third kappa shape index (κ3) is 3.41. The first-order valence-corrected chi connectivity index (χ1v) is 6.73. The van der Waals surface area contributed by atoms with Crippen molar-refractivity contribution in [3.8, 4) is 0 Å². The van der Waals surface area contributed by atoms with Crippen molar-refractivity contribution in [3.05, 3.63) is 65.2 Å². The molecule has 19 heavy (non-hydrogen) atoms. The smallest absolute Gasteiger partial charge is 0.173 e. The Labute approximate surface area is 114 Å². The van der Waals surface area contributed by atoms with Gasteiger partial charge in [0.25, 0.3) is 0 Å². The molecule has 0 N–H and O–H groups in total. The summed E-state index contributed by atoms with van der Waals surface area (Å²) in [5, 5.41) is 0. The molecule has 0 spiro atoms. The van der Waals surface area contributed by atoms with Gasteiger partial charge in [-0.25, -0.2) is 8.78 Å². The molecule has 0 aliphatic rings. The summed E-state index contributed by atoms with van der Waals surface area (Å²) < 4.78 is 26.3. The van der Waals surface area contributed by atoms with E-state index in [9.17, 15) is 13.6 Å². The Balaban J connectivity index is 2.08. The third-order valence-electron chi connectivity index (χ3n) is 2.68. The minimum Gasteiger partial charge on any atom is -0.293 e. The third-order valence-corrected chi connectivity index (χ3v) is 3.73. The fourth-order valence-electron chi connectivity index (χ4n) is 1.72. The van der Waals surface area contributed by atoms with E-state index in [2.05, 4.69) is 0 Å². The molecule has 0 bridgehead atoms. The van der Waals surface area contributed by atoms with Crippen LogP contribution in [0.15, 0.2) is 47.4 Å². The molecule has 0 atom stereocenters. The predicted octanol–water partition coefficient (Wildman–Crippen LogP) is 4.25. The zero-order chi connectivity index (χ0) is 13.8. The lowest BCUT2D eigenvalue weighted by Gasteiger charge is -2.05. The highest BCUT2D eigenvalue weighted by Gasteiger charge is 2.11. The van der Waals surface area contributed by atoms with E-state index >= 15 is 0 Å². The Bertz CT molecular complexity index is 611. The van der Waals surface area contributed by atoms with Crippen LogP contribution in [0.1, 0.15) is 15.9 Å².